The molecule has 0 radical (unpaired) electrons. The predicted octanol–water partition coefficient (Wildman–Crippen LogP) is 3.28. The summed E-state index contributed by atoms with van der Waals surface area (Å²) in [6.45, 7) is 3.36. The summed E-state index contributed by atoms with van der Waals surface area (Å²) in [6, 6.07) is 7.14. The number of carbonyl (C=O) groups is 2. The molecule has 5 nitrogen and oxygen atoms in total. The third-order valence-corrected chi connectivity index (χ3v) is 6.77. The summed E-state index contributed by atoms with van der Waals surface area (Å²) >= 11 is 7.83. The maximum Gasteiger partial charge on any atom is 0.253 e. The summed E-state index contributed by atoms with van der Waals surface area (Å²) in [5.74, 6) is 0.566. The number of hydrogen-bond donors (Lipinski definition) is 1. The van der Waals surface area contributed by atoms with Gasteiger partial charge in [-0.2, -0.15) is 11.8 Å². The number of halogens is 1. The van der Waals surface area contributed by atoms with Gasteiger partial charge in [-0.25, -0.2) is 0 Å². The van der Waals surface area contributed by atoms with Crippen LogP contribution >= 0.6 is 23.4 Å². The van der Waals surface area contributed by atoms with Crippen molar-refractivity contribution in [3.8, 4) is 0 Å². The summed E-state index contributed by atoms with van der Waals surface area (Å²) in [5, 5.41) is 3.33. The van der Waals surface area contributed by atoms with E-state index in [2.05, 4.69) is 10.2 Å². The van der Waals surface area contributed by atoms with E-state index < -0.39 is 6.04 Å². The molecular formula is C21H30ClN3O2S. The second-order valence-electron chi connectivity index (χ2n) is 7.59. The van der Waals surface area contributed by atoms with Crippen molar-refractivity contribution in [2.24, 2.45) is 0 Å². The first-order valence-corrected chi connectivity index (χ1v) is 11.9. The number of rotatable bonds is 7. The smallest absolute Gasteiger partial charge is 0.253 e. The Morgan fingerprint density at radius 1 is 1.18 bits per heavy atom. The van der Waals surface area contributed by atoms with Crippen LogP contribution < -0.4 is 5.32 Å². The van der Waals surface area contributed by atoms with Crippen molar-refractivity contribution in [3.63, 3.8) is 0 Å². The average Bonchev–Trinajstić information content (AvgIpc) is 3.26. The topological polar surface area (TPSA) is 52.7 Å². The summed E-state index contributed by atoms with van der Waals surface area (Å²) in [6.07, 6.45) is 7.87. The highest BCUT2D eigenvalue weighted by Crippen LogP contribution is 2.24. The molecule has 154 valence electrons. The van der Waals surface area contributed by atoms with E-state index in [0.29, 0.717) is 23.0 Å². The van der Waals surface area contributed by atoms with Crippen molar-refractivity contribution in [3.05, 3.63) is 34.9 Å². The van der Waals surface area contributed by atoms with Crippen LogP contribution in [-0.4, -0.2) is 71.9 Å². The van der Waals surface area contributed by atoms with E-state index in [4.69, 9.17) is 11.6 Å². The van der Waals surface area contributed by atoms with Crippen LogP contribution in [0.3, 0.4) is 0 Å². The van der Waals surface area contributed by atoms with Crippen molar-refractivity contribution in [1.82, 2.24) is 15.1 Å². The zero-order valence-electron chi connectivity index (χ0n) is 16.5. The van der Waals surface area contributed by atoms with E-state index in [1.165, 1.54) is 25.7 Å². The van der Waals surface area contributed by atoms with E-state index in [0.717, 1.165) is 31.9 Å². The van der Waals surface area contributed by atoms with Gasteiger partial charge in [-0.05, 0) is 43.4 Å². The molecule has 1 aromatic rings. The standard InChI is InChI=1S/C21H30ClN3O2S/c1-28-15-10-19(23-20(26)17-8-4-5-9-18(17)22)21(27)25-13-11-24(12-14-25)16-6-2-3-7-16/h4-5,8-9,16,19H,2-3,6-7,10-15H2,1H3,(H,23,26). The first-order valence-electron chi connectivity index (χ1n) is 10.2. The summed E-state index contributed by atoms with van der Waals surface area (Å²) in [4.78, 5) is 30.3. The molecule has 1 heterocycles. The Labute approximate surface area is 177 Å². The molecule has 1 aliphatic heterocycles. The third kappa shape index (κ3) is 5.43. The quantitative estimate of drug-likeness (QED) is 0.731. The number of nitrogens with one attached hydrogen (secondary N) is 1. The van der Waals surface area contributed by atoms with Gasteiger partial charge in [-0.1, -0.05) is 36.6 Å². The second-order valence-corrected chi connectivity index (χ2v) is 8.98. The van der Waals surface area contributed by atoms with Gasteiger partial charge in [0.2, 0.25) is 5.91 Å². The van der Waals surface area contributed by atoms with Gasteiger partial charge in [0.05, 0.1) is 10.6 Å². The minimum absolute atomic E-state index is 0.0283. The second kappa shape index (κ2) is 10.5. The Kier molecular flexibility index (Phi) is 8.06. The minimum Gasteiger partial charge on any atom is -0.340 e. The van der Waals surface area contributed by atoms with Crippen molar-refractivity contribution in [2.75, 3.05) is 38.2 Å². The van der Waals surface area contributed by atoms with Crippen molar-refractivity contribution < 1.29 is 9.59 Å². The van der Waals surface area contributed by atoms with Gasteiger partial charge >= 0.3 is 0 Å². The van der Waals surface area contributed by atoms with Gasteiger partial charge in [-0.15, -0.1) is 0 Å². The number of carbonyl (C=O) groups excluding carboxylic acids is 2. The normalized spacial score (nSPS) is 19.6. The highest BCUT2D eigenvalue weighted by molar-refractivity contribution is 7.98. The van der Waals surface area contributed by atoms with Crippen molar-refractivity contribution in [1.29, 1.82) is 0 Å². The number of thioether (sulfide) groups is 1. The fourth-order valence-corrected chi connectivity index (χ4v) is 4.86. The maximum absolute atomic E-state index is 13.1. The fraction of sp³-hybridized carbons (Fsp3) is 0.619. The number of piperazine rings is 1. The van der Waals surface area contributed by atoms with Crippen LogP contribution in [0.15, 0.2) is 24.3 Å². The van der Waals surface area contributed by atoms with E-state index >= 15 is 0 Å². The number of benzene rings is 1. The molecule has 1 saturated heterocycles. The molecule has 28 heavy (non-hydrogen) atoms. The Balaban J connectivity index is 1.60. The lowest BCUT2D eigenvalue weighted by atomic mass is 10.1. The van der Waals surface area contributed by atoms with Gasteiger partial charge < -0.3 is 10.2 Å². The van der Waals surface area contributed by atoms with Gasteiger partial charge in [0.15, 0.2) is 0 Å². The molecule has 1 N–H and O–H groups in total. The zero-order chi connectivity index (χ0) is 19.9. The Hall–Kier alpha value is -1.24. The Bertz CT molecular complexity index is 673. The Morgan fingerprint density at radius 3 is 2.50 bits per heavy atom. The molecule has 0 bridgehead atoms. The van der Waals surface area contributed by atoms with Crippen LogP contribution in [0.4, 0.5) is 0 Å². The molecule has 1 aliphatic carbocycles. The first-order chi connectivity index (χ1) is 13.6. The van der Waals surface area contributed by atoms with Crippen LogP contribution in [0.2, 0.25) is 5.02 Å². The van der Waals surface area contributed by atoms with Crippen LogP contribution in [-0.2, 0) is 4.79 Å². The van der Waals surface area contributed by atoms with Gasteiger partial charge in [0.25, 0.3) is 5.91 Å². The number of nitrogens with zero attached hydrogens (tertiary/aromatic N) is 2. The molecule has 7 heteroatoms. The molecule has 0 spiro atoms. The van der Waals surface area contributed by atoms with Crippen LogP contribution in [0.25, 0.3) is 0 Å². The van der Waals surface area contributed by atoms with Gasteiger partial charge in [0.1, 0.15) is 6.04 Å². The third-order valence-electron chi connectivity index (χ3n) is 5.80. The lowest BCUT2D eigenvalue weighted by molar-refractivity contribution is -0.135. The highest BCUT2D eigenvalue weighted by atomic mass is 35.5. The average molecular weight is 424 g/mol. The monoisotopic (exact) mass is 423 g/mol. The molecule has 1 unspecified atom stereocenters. The number of hydrogen-bond acceptors (Lipinski definition) is 4. The molecule has 2 amide bonds. The molecular weight excluding hydrogens is 394 g/mol. The molecule has 2 fully saturated rings. The number of amides is 2. The molecule has 1 saturated carbocycles. The van der Waals surface area contributed by atoms with Gasteiger partial charge in [0, 0.05) is 32.2 Å². The van der Waals surface area contributed by atoms with E-state index in [-0.39, 0.29) is 11.8 Å². The lowest BCUT2D eigenvalue weighted by Gasteiger charge is -2.39. The molecule has 1 aromatic carbocycles. The summed E-state index contributed by atoms with van der Waals surface area (Å²) in [5.41, 5.74) is 0.414. The molecule has 0 aromatic heterocycles. The van der Waals surface area contributed by atoms with Crippen LogP contribution in [0.1, 0.15) is 42.5 Å². The summed E-state index contributed by atoms with van der Waals surface area (Å²) in [7, 11) is 0. The Morgan fingerprint density at radius 2 is 1.86 bits per heavy atom. The molecule has 1 atom stereocenters. The van der Waals surface area contributed by atoms with Crippen molar-refractivity contribution in [2.45, 2.75) is 44.2 Å². The summed E-state index contributed by atoms with van der Waals surface area (Å²) < 4.78 is 0. The highest BCUT2D eigenvalue weighted by Gasteiger charge is 2.31. The van der Waals surface area contributed by atoms with E-state index in [9.17, 15) is 9.59 Å². The first kappa shape index (κ1) is 21.5. The van der Waals surface area contributed by atoms with Gasteiger partial charge in [-0.3, -0.25) is 14.5 Å². The van der Waals surface area contributed by atoms with Crippen LogP contribution in [0.5, 0.6) is 0 Å². The van der Waals surface area contributed by atoms with Crippen molar-refractivity contribution >= 4 is 35.2 Å². The van der Waals surface area contributed by atoms with E-state index in [1.807, 2.05) is 11.2 Å². The predicted molar refractivity (Wildman–Crippen MR) is 116 cm³/mol. The van der Waals surface area contributed by atoms with E-state index in [1.54, 1.807) is 36.0 Å². The SMILES string of the molecule is CSCCC(NC(=O)c1ccccc1Cl)C(=O)N1CCN(C2CCCC2)CC1. The lowest BCUT2D eigenvalue weighted by Crippen LogP contribution is -2.56. The minimum atomic E-state index is -0.505. The largest absolute Gasteiger partial charge is 0.340 e. The maximum atomic E-state index is 13.1. The zero-order valence-corrected chi connectivity index (χ0v) is 18.1. The molecule has 2 aliphatic rings. The molecule has 3 rings (SSSR count). The fourth-order valence-electron chi connectivity index (χ4n) is 4.17. The van der Waals surface area contributed by atoms with Crippen LogP contribution in [0, 0.1) is 0 Å².